The topological polar surface area (TPSA) is 99.2 Å². The van der Waals surface area contributed by atoms with Crippen LogP contribution in [0, 0.1) is 0 Å². The van der Waals surface area contributed by atoms with E-state index in [0.717, 1.165) is 0 Å². The molecule has 0 aliphatic carbocycles. The van der Waals surface area contributed by atoms with Gasteiger partial charge in [-0.1, -0.05) is 5.16 Å². The predicted molar refractivity (Wildman–Crippen MR) is 90.3 cm³/mol. The zero-order valence-electron chi connectivity index (χ0n) is 14.6. The molecule has 1 fully saturated rings. The fourth-order valence-corrected chi connectivity index (χ4v) is 2.98. The van der Waals surface area contributed by atoms with E-state index in [1.54, 1.807) is 31.4 Å². The van der Waals surface area contributed by atoms with Crippen LogP contribution >= 0.6 is 0 Å². The number of nitrogens with zero attached hydrogens (tertiary/aromatic N) is 6. The van der Waals surface area contributed by atoms with Crippen molar-refractivity contribution in [2.75, 3.05) is 20.2 Å². The number of hydrogen-bond acceptors (Lipinski definition) is 7. The maximum absolute atomic E-state index is 15.3. The molecule has 0 spiro atoms. The molecule has 1 aliphatic rings. The van der Waals surface area contributed by atoms with Gasteiger partial charge in [-0.3, -0.25) is 4.79 Å². The predicted octanol–water partition coefficient (Wildman–Crippen LogP) is 1.43. The van der Waals surface area contributed by atoms with Gasteiger partial charge < -0.3 is 14.2 Å². The molecule has 1 aromatic carbocycles. The van der Waals surface area contributed by atoms with Crippen LogP contribution in [0.15, 0.2) is 41.4 Å². The van der Waals surface area contributed by atoms with Gasteiger partial charge in [-0.15, -0.1) is 0 Å². The fraction of sp³-hybridized carbons (Fsp3) is 0.353. The number of benzene rings is 1. The molecule has 2 aromatic heterocycles. The molecule has 3 heterocycles. The van der Waals surface area contributed by atoms with E-state index in [0.29, 0.717) is 11.3 Å². The lowest BCUT2D eigenvalue weighted by atomic mass is 10.1. The molecule has 27 heavy (non-hydrogen) atoms. The first-order valence-electron chi connectivity index (χ1n) is 8.35. The van der Waals surface area contributed by atoms with Gasteiger partial charge in [0, 0.05) is 18.5 Å². The largest absolute Gasteiger partial charge is 0.497 e. The van der Waals surface area contributed by atoms with Gasteiger partial charge in [0.05, 0.1) is 13.7 Å². The molecule has 1 saturated heterocycles. The second-order valence-electron chi connectivity index (χ2n) is 6.28. The molecule has 9 nitrogen and oxygen atoms in total. The van der Waals surface area contributed by atoms with Gasteiger partial charge in [0.25, 0.3) is 5.89 Å². The average Bonchev–Trinajstić information content (AvgIpc) is 3.43. The summed E-state index contributed by atoms with van der Waals surface area (Å²) in [4.78, 5) is 21.7. The van der Waals surface area contributed by atoms with Crippen LogP contribution in [-0.4, -0.2) is 55.9 Å². The molecule has 1 aliphatic heterocycles. The third-order valence-corrected chi connectivity index (χ3v) is 4.49. The highest BCUT2D eigenvalue weighted by Crippen LogP contribution is 2.36. The van der Waals surface area contributed by atoms with Crippen LogP contribution in [0.5, 0.6) is 5.75 Å². The van der Waals surface area contributed by atoms with Crippen LogP contribution in [0.25, 0.3) is 11.4 Å². The van der Waals surface area contributed by atoms with E-state index < -0.39 is 5.67 Å². The van der Waals surface area contributed by atoms with E-state index >= 15 is 4.39 Å². The third-order valence-electron chi connectivity index (χ3n) is 4.49. The normalized spacial score (nSPS) is 19.4. The number of halogens is 1. The molecule has 1 atom stereocenters. The Morgan fingerprint density at radius 3 is 2.89 bits per heavy atom. The zero-order chi connectivity index (χ0) is 18.9. The van der Waals surface area contributed by atoms with Gasteiger partial charge in [0.1, 0.15) is 24.9 Å². The molecule has 10 heteroatoms. The van der Waals surface area contributed by atoms with Crippen molar-refractivity contribution >= 4 is 5.91 Å². The maximum atomic E-state index is 15.3. The minimum atomic E-state index is -1.87. The van der Waals surface area contributed by atoms with Gasteiger partial charge in [0.15, 0.2) is 0 Å². The van der Waals surface area contributed by atoms with Crippen molar-refractivity contribution < 1.29 is 18.4 Å². The fourth-order valence-electron chi connectivity index (χ4n) is 2.98. The van der Waals surface area contributed by atoms with Crippen LogP contribution in [0.1, 0.15) is 12.3 Å². The SMILES string of the molecule is COc1ccc(-c2noc(C3(F)CCN(C(=O)Cn4cncn4)C3)n2)cc1. The summed E-state index contributed by atoms with van der Waals surface area (Å²) in [6, 6.07) is 7.05. The molecule has 0 N–H and O–H groups in total. The summed E-state index contributed by atoms with van der Waals surface area (Å²) in [7, 11) is 1.57. The number of rotatable bonds is 5. The molecule has 140 valence electrons. The third kappa shape index (κ3) is 3.37. The van der Waals surface area contributed by atoms with Crippen molar-refractivity contribution in [1.29, 1.82) is 0 Å². The van der Waals surface area contributed by atoms with E-state index in [2.05, 4.69) is 20.2 Å². The molecule has 3 aromatic rings. The highest BCUT2D eigenvalue weighted by molar-refractivity contribution is 5.76. The summed E-state index contributed by atoms with van der Waals surface area (Å²) in [5.74, 6) is 0.623. The minimum Gasteiger partial charge on any atom is -0.497 e. The molecule has 1 amide bonds. The van der Waals surface area contributed by atoms with Crippen LogP contribution in [0.3, 0.4) is 0 Å². The Balaban J connectivity index is 1.47. The smallest absolute Gasteiger partial charge is 0.266 e. The van der Waals surface area contributed by atoms with Crippen molar-refractivity contribution in [1.82, 2.24) is 29.8 Å². The van der Waals surface area contributed by atoms with Crippen molar-refractivity contribution in [3.63, 3.8) is 0 Å². The minimum absolute atomic E-state index is 0.0109. The van der Waals surface area contributed by atoms with Crippen molar-refractivity contribution in [2.24, 2.45) is 0 Å². The van der Waals surface area contributed by atoms with Gasteiger partial charge in [0.2, 0.25) is 17.4 Å². The standard InChI is InChI=1S/C17H17FN6O3/c1-26-13-4-2-12(3-5-13)15-21-16(27-22-15)17(18)6-7-23(9-17)14(25)8-24-11-19-10-20-24/h2-5,10-11H,6-9H2,1H3. The number of aromatic nitrogens is 5. The summed E-state index contributed by atoms with van der Waals surface area (Å²) < 4.78 is 27.0. The quantitative estimate of drug-likeness (QED) is 0.668. The second kappa shape index (κ2) is 6.78. The first-order chi connectivity index (χ1) is 13.1. The first kappa shape index (κ1) is 17.1. The second-order valence-corrected chi connectivity index (χ2v) is 6.28. The highest BCUT2D eigenvalue weighted by Gasteiger charge is 2.46. The molecule has 4 rings (SSSR count). The van der Waals surface area contributed by atoms with E-state index in [1.807, 2.05) is 0 Å². The number of carbonyl (C=O) groups excluding carboxylic acids is 1. The van der Waals surface area contributed by atoms with E-state index in [1.165, 1.54) is 22.2 Å². The van der Waals surface area contributed by atoms with Crippen molar-refractivity contribution in [2.45, 2.75) is 18.6 Å². The average molecular weight is 372 g/mol. The van der Waals surface area contributed by atoms with Gasteiger partial charge in [-0.05, 0) is 24.3 Å². The van der Waals surface area contributed by atoms with Crippen molar-refractivity contribution in [3.05, 3.63) is 42.8 Å². The van der Waals surface area contributed by atoms with E-state index in [9.17, 15) is 4.79 Å². The lowest BCUT2D eigenvalue weighted by Gasteiger charge is -2.17. The molecule has 0 radical (unpaired) electrons. The number of alkyl halides is 1. The lowest BCUT2D eigenvalue weighted by molar-refractivity contribution is -0.131. The highest BCUT2D eigenvalue weighted by atomic mass is 19.1. The van der Waals surface area contributed by atoms with Crippen LogP contribution in [0.4, 0.5) is 4.39 Å². The number of likely N-dealkylation sites (tertiary alicyclic amines) is 1. The number of amides is 1. The molecule has 1 unspecified atom stereocenters. The summed E-state index contributed by atoms with van der Waals surface area (Å²) in [5.41, 5.74) is -1.18. The molecular formula is C17H17FN6O3. The summed E-state index contributed by atoms with van der Waals surface area (Å²) in [6.45, 7) is 0.145. The number of ether oxygens (including phenoxy) is 1. The molecular weight excluding hydrogens is 355 g/mol. The summed E-state index contributed by atoms with van der Waals surface area (Å²) >= 11 is 0. The van der Waals surface area contributed by atoms with Gasteiger partial charge in [-0.25, -0.2) is 14.1 Å². The number of methoxy groups -OCH3 is 1. The monoisotopic (exact) mass is 372 g/mol. The Morgan fingerprint density at radius 2 is 2.19 bits per heavy atom. The van der Waals surface area contributed by atoms with E-state index in [4.69, 9.17) is 9.26 Å². The number of carbonyl (C=O) groups is 1. The Hall–Kier alpha value is -3.30. The van der Waals surface area contributed by atoms with Gasteiger partial charge in [-0.2, -0.15) is 10.1 Å². The Labute approximate surface area is 153 Å². The molecule has 0 bridgehead atoms. The lowest BCUT2D eigenvalue weighted by Crippen LogP contribution is -2.34. The van der Waals surface area contributed by atoms with Crippen LogP contribution < -0.4 is 4.74 Å². The molecule has 0 saturated carbocycles. The summed E-state index contributed by atoms with van der Waals surface area (Å²) in [6.07, 6.45) is 2.88. The Morgan fingerprint density at radius 1 is 1.37 bits per heavy atom. The Kier molecular flexibility index (Phi) is 4.30. The van der Waals surface area contributed by atoms with Crippen LogP contribution in [0.2, 0.25) is 0 Å². The first-order valence-corrected chi connectivity index (χ1v) is 8.35. The maximum Gasteiger partial charge on any atom is 0.266 e. The summed E-state index contributed by atoms with van der Waals surface area (Å²) in [5, 5.41) is 7.76. The van der Waals surface area contributed by atoms with Crippen LogP contribution in [-0.2, 0) is 17.0 Å². The number of hydrogen-bond donors (Lipinski definition) is 0. The van der Waals surface area contributed by atoms with E-state index in [-0.39, 0.29) is 43.7 Å². The Bertz CT molecular complexity index is 927. The van der Waals surface area contributed by atoms with Crippen molar-refractivity contribution in [3.8, 4) is 17.1 Å². The van der Waals surface area contributed by atoms with Gasteiger partial charge >= 0.3 is 0 Å². The zero-order valence-corrected chi connectivity index (χ0v) is 14.6.